The van der Waals surface area contributed by atoms with Gasteiger partial charge in [-0.25, -0.2) is 0 Å². The van der Waals surface area contributed by atoms with Crippen molar-refractivity contribution in [3.8, 4) is 0 Å². The normalized spacial score (nSPS) is 13.1. The highest BCUT2D eigenvalue weighted by molar-refractivity contribution is 7.98. The third kappa shape index (κ3) is 13.8. The number of halogens is 3. The van der Waals surface area contributed by atoms with E-state index in [-0.39, 0.29) is 10.9 Å². The lowest BCUT2D eigenvalue weighted by atomic mass is 10.2. The van der Waals surface area contributed by atoms with Gasteiger partial charge in [-0.3, -0.25) is 4.79 Å². The van der Waals surface area contributed by atoms with Crippen molar-refractivity contribution in [2.75, 3.05) is 12.0 Å². The monoisotopic (exact) mass is 259 g/mol. The number of ketones is 1. The van der Waals surface area contributed by atoms with Gasteiger partial charge in [-0.1, -0.05) is 6.92 Å². The van der Waals surface area contributed by atoms with E-state index in [9.17, 15) is 18.0 Å². The lowest BCUT2D eigenvalue weighted by Gasteiger charge is -2.17. The zero-order valence-corrected chi connectivity index (χ0v) is 11.5. The minimum absolute atomic E-state index is 0.232. The minimum atomic E-state index is -3.67. The topological polar surface area (TPSA) is 17.1 Å². The van der Waals surface area contributed by atoms with Gasteiger partial charge in [0.05, 0.1) is 6.26 Å². The molecule has 0 aromatic carbocycles. The van der Waals surface area contributed by atoms with E-state index in [4.69, 9.17) is 0 Å². The van der Waals surface area contributed by atoms with Gasteiger partial charge in [0.15, 0.2) is 11.5 Å². The Hall–Kier alpha value is -0.190. The van der Waals surface area contributed by atoms with E-state index in [2.05, 4.69) is 34.0 Å². The predicted octanol–water partition coefficient (Wildman–Crippen LogP) is 3.58. The summed E-state index contributed by atoms with van der Waals surface area (Å²) in [4.78, 5) is 11.3. The van der Waals surface area contributed by atoms with Crippen LogP contribution in [0.5, 0.6) is 0 Å². The molecule has 0 bridgehead atoms. The number of carbonyl (C=O) groups excluding carboxylic acids is 1. The SMILES string of the molecule is CCCC(=O)C[S+](C)C(C)(C)C.FC(F)F. The summed E-state index contributed by atoms with van der Waals surface area (Å²) in [6.45, 7) is 5.00. The van der Waals surface area contributed by atoms with Gasteiger partial charge in [-0.15, -0.1) is 0 Å². The molecule has 1 nitrogen and oxygen atoms in total. The molecule has 0 N–H and O–H groups in total. The van der Waals surface area contributed by atoms with Crippen LogP contribution in [-0.4, -0.2) is 29.2 Å². The van der Waals surface area contributed by atoms with Crippen molar-refractivity contribution in [2.24, 2.45) is 0 Å². The van der Waals surface area contributed by atoms with Gasteiger partial charge >= 0.3 is 6.68 Å². The molecule has 0 rings (SSSR count). The molecule has 1 atom stereocenters. The van der Waals surface area contributed by atoms with Crippen molar-refractivity contribution in [3.63, 3.8) is 0 Å². The Balaban J connectivity index is 0. The maximum absolute atomic E-state index is 11.3. The van der Waals surface area contributed by atoms with Crippen molar-refractivity contribution in [2.45, 2.75) is 52.0 Å². The Labute approximate surface area is 99.1 Å². The zero-order chi connectivity index (χ0) is 13.4. The van der Waals surface area contributed by atoms with Crippen LogP contribution in [0.25, 0.3) is 0 Å². The van der Waals surface area contributed by atoms with E-state index in [1.165, 1.54) is 0 Å². The molecule has 0 amide bonds. The number of alkyl halides is 3. The molecule has 0 aromatic heterocycles. The largest absolute Gasteiger partial charge is 0.379 e. The van der Waals surface area contributed by atoms with Crippen molar-refractivity contribution in [1.29, 1.82) is 0 Å². The molecule has 5 heteroatoms. The van der Waals surface area contributed by atoms with E-state index in [1.54, 1.807) is 0 Å². The molecule has 98 valence electrons. The number of Topliss-reactive ketones (excluding diaryl/α,β-unsaturated/α-hetero) is 1. The molecule has 0 aliphatic rings. The first-order valence-corrected chi connectivity index (χ1v) is 6.98. The smallest absolute Gasteiger partial charge is 0.294 e. The number of rotatable bonds is 4. The predicted molar refractivity (Wildman–Crippen MR) is 64.9 cm³/mol. The molecule has 0 aliphatic heterocycles. The maximum Gasteiger partial charge on any atom is 0.379 e. The number of hydrogen-bond donors (Lipinski definition) is 0. The van der Waals surface area contributed by atoms with Gasteiger partial charge in [0.2, 0.25) is 0 Å². The summed E-state index contributed by atoms with van der Waals surface area (Å²) in [5, 5.41) is 0. The van der Waals surface area contributed by atoms with E-state index in [0.29, 0.717) is 10.5 Å². The van der Waals surface area contributed by atoms with Crippen LogP contribution in [0.2, 0.25) is 0 Å². The highest BCUT2D eigenvalue weighted by Gasteiger charge is 2.30. The zero-order valence-electron chi connectivity index (χ0n) is 10.6. The van der Waals surface area contributed by atoms with Crippen LogP contribution < -0.4 is 0 Å². The molecular weight excluding hydrogens is 237 g/mol. The van der Waals surface area contributed by atoms with E-state index in [0.717, 1.165) is 18.6 Å². The molecule has 0 saturated heterocycles. The fourth-order valence-corrected chi connectivity index (χ4v) is 1.87. The second-order valence-electron chi connectivity index (χ2n) is 4.43. The number of carbonyl (C=O) groups is 1. The quantitative estimate of drug-likeness (QED) is 0.705. The first-order chi connectivity index (χ1) is 7.11. The Kier molecular flexibility index (Phi) is 10.1. The van der Waals surface area contributed by atoms with Crippen molar-refractivity contribution in [3.05, 3.63) is 0 Å². The summed E-state index contributed by atoms with van der Waals surface area (Å²) >= 11 is 0. The Bertz CT molecular complexity index is 187. The van der Waals surface area contributed by atoms with Crippen LogP contribution in [0.3, 0.4) is 0 Å². The third-order valence-corrected chi connectivity index (χ3v) is 4.80. The third-order valence-electron chi connectivity index (χ3n) is 1.95. The lowest BCUT2D eigenvalue weighted by Crippen LogP contribution is -2.32. The fraction of sp³-hybridized carbons (Fsp3) is 0.909. The van der Waals surface area contributed by atoms with E-state index >= 15 is 0 Å². The summed E-state index contributed by atoms with van der Waals surface area (Å²) in [6.07, 6.45) is 3.93. The Morgan fingerprint density at radius 2 is 1.62 bits per heavy atom. The maximum atomic E-state index is 11.3. The van der Waals surface area contributed by atoms with Gasteiger partial charge in [0.25, 0.3) is 0 Å². The van der Waals surface area contributed by atoms with Gasteiger partial charge in [0, 0.05) is 6.42 Å². The average molecular weight is 259 g/mol. The highest BCUT2D eigenvalue weighted by Crippen LogP contribution is 2.16. The summed E-state index contributed by atoms with van der Waals surface area (Å²) in [7, 11) is 0.232. The van der Waals surface area contributed by atoms with Crippen molar-refractivity contribution in [1.82, 2.24) is 0 Å². The molecule has 0 fully saturated rings. The lowest BCUT2D eigenvalue weighted by molar-refractivity contribution is -0.116. The second kappa shape index (κ2) is 8.90. The summed E-state index contributed by atoms with van der Waals surface area (Å²) in [6, 6.07) is 0. The molecular formula is C11H22F3OS+. The molecule has 0 radical (unpaired) electrons. The van der Waals surface area contributed by atoms with Gasteiger partial charge in [-0.2, -0.15) is 13.2 Å². The molecule has 16 heavy (non-hydrogen) atoms. The molecule has 1 unspecified atom stereocenters. The summed E-state index contributed by atoms with van der Waals surface area (Å²) < 4.78 is 29.3. The average Bonchev–Trinajstić information content (AvgIpc) is 2.01. The standard InChI is InChI=1S/C10H21OS.CHF3/c1-6-7-9(11)8-12(5)10(2,3)4;2-1(3)4/h6-8H2,1-5H3;1H/q+1;. The minimum Gasteiger partial charge on any atom is -0.294 e. The van der Waals surface area contributed by atoms with Crippen LogP contribution >= 0.6 is 0 Å². The van der Waals surface area contributed by atoms with Gasteiger partial charge in [0.1, 0.15) is 4.75 Å². The Morgan fingerprint density at radius 3 is 1.88 bits per heavy atom. The molecule has 0 aliphatic carbocycles. The number of hydrogen-bond acceptors (Lipinski definition) is 1. The molecule has 0 heterocycles. The second-order valence-corrected chi connectivity index (χ2v) is 7.22. The summed E-state index contributed by atoms with van der Waals surface area (Å²) in [5.41, 5.74) is 0. The Morgan fingerprint density at radius 1 is 1.25 bits per heavy atom. The van der Waals surface area contributed by atoms with Crippen LogP contribution in [0.1, 0.15) is 40.5 Å². The first-order valence-electron chi connectivity index (χ1n) is 5.17. The van der Waals surface area contributed by atoms with E-state index < -0.39 is 6.68 Å². The summed E-state index contributed by atoms with van der Waals surface area (Å²) in [5.74, 6) is 1.20. The van der Waals surface area contributed by atoms with Crippen LogP contribution in [-0.2, 0) is 15.7 Å². The molecule has 0 spiro atoms. The van der Waals surface area contributed by atoms with Crippen molar-refractivity contribution < 1.29 is 18.0 Å². The van der Waals surface area contributed by atoms with Gasteiger partial charge in [-0.05, 0) is 38.1 Å². The molecule has 0 aromatic rings. The van der Waals surface area contributed by atoms with Crippen LogP contribution in [0.4, 0.5) is 13.2 Å². The van der Waals surface area contributed by atoms with Crippen molar-refractivity contribution >= 4 is 16.7 Å². The van der Waals surface area contributed by atoms with Gasteiger partial charge < -0.3 is 0 Å². The fourth-order valence-electron chi connectivity index (χ4n) is 0.809. The molecule has 0 saturated carbocycles. The first kappa shape index (κ1) is 18.2. The highest BCUT2D eigenvalue weighted by atomic mass is 32.2. The van der Waals surface area contributed by atoms with Crippen LogP contribution in [0.15, 0.2) is 0 Å². The van der Waals surface area contributed by atoms with E-state index in [1.807, 2.05) is 0 Å². The van der Waals surface area contributed by atoms with Crippen LogP contribution in [0, 0.1) is 0 Å².